The van der Waals surface area contributed by atoms with E-state index in [1.807, 2.05) is 0 Å². The van der Waals surface area contributed by atoms with Crippen molar-refractivity contribution in [1.82, 2.24) is 4.98 Å². The monoisotopic (exact) mass is 205 g/mol. The fourth-order valence-electron chi connectivity index (χ4n) is 0.883. The molecule has 76 valence electrons. The van der Waals surface area contributed by atoms with Crippen LogP contribution in [0.3, 0.4) is 0 Å². The lowest BCUT2D eigenvalue weighted by atomic mass is 10.2. The number of aromatic amines is 1. The van der Waals surface area contributed by atoms with E-state index in [4.69, 9.17) is 10.2 Å². The number of rotatable bonds is 2. The van der Waals surface area contributed by atoms with Gasteiger partial charge in [0.25, 0.3) is 12.0 Å². The SMILES string of the molecule is O=C(O)c1cc(O)c(C(F)F)c(=O)[nH]1. The zero-order valence-electron chi connectivity index (χ0n) is 6.62. The minimum absolute atomic E-state index is 0.561. The Morgan fingerprint density at radius 1 is 1.50 bits per heavy atom. The van der Waals surface area contributed by atoms with Crippen molar-refractivity contribution in [3.8, 4) is 5.75 Å². The average Bonchev–Trinajstić information content (AvgIpc) is 2.01. The van der Waals surface area contributed by atoms with Gasteiger partial charge in [0.15, 0.2) is 0 Å². The average molecular weight is 205 g/mol. The quantitative estimate of drug-likeness (QED) is 0.663. The van der Waals surface area contributed by atoms with Gasteiger partial charge in [-0.05, 0) is 0 Å². The number of halogens is 2. The molecule has 0 aliphatic heterocycles. The molecule has 1 rings (SSSR count). The molecule has 0 amide bonds. The van der Waals surface area contributed by atoms with Crippen LogP contribution in [0.5, 0.6) is 5.75 Å². The smallest absolute Gasteiger partial charge is 0.352 e. The van der Waals surface area contributed by atoms with Crippen LogP contribution in [0.1, 0.15) is 22.5 Å². The van der Waals surface area contributed by atoms with E-state index in [2.05, 4.69) is 0 Å². The van der Waals surface area contributed by atoms with Crippen LogP contribution in [0.15, 0.2) is 10.9 Å². The lowest BCUT2D eigenvalue weighted by Crippen LogP contribution is -2.17. The second kappa shape index (κ2) is 3.44. The zero-order chi connectivity index (χ0) is 10.9. The number of hydrogen-bond acceptors (Lipinski definition) is 3. The summed E-state index contributed by atoms with van der Waals surface area (Å²) in [6.45, 7) is 0. The van der Waals surface area contributed by atoms with Crippen molar-refractivity contribution in [2.45, 2.75) is 6.43 Å². The summed E-state index contributed by atoms with van der Waals surface area (Å²) < 4.78 is 24.2. The lowest BCUT2D eigenvalue weighted by molar-refractivity contribution is 0.0688. The molecule has 0 unspecified atom stereocenters. The van der Waals surface area contributed by atoms with Gasteiger partial charge >= 0.3 is 5.97 Å². The number of hydrogen-bond donors (Lipinski definition) is 3. The highest BCUT2D eigenvalue weighted by molar-refractivity contribution is 5.85. The molecule has 0 saturated heterocycles. The van der Waals surface area contributed by atoms with E-state index in [0.717, 1.165) is 0 Å². The summed E-state index contributed by atoms with van der Waals surface area (Å²) in [6, 6.07) is 0.561. The van der Waals surface area contributed by atoms with Crippen LogP contribution in [-0.4, -0.2) is 21.2 Å². The molecule has 0 saturated carbocycles. The van der Waals surface area contributed by atoms with Gasteiger partial charge in [-0.25, -0.2) is 13.6 Å². The minimum Gasteiger partial charge on any atom is -0.507 e. The highest BCUT2D eigenvalue weighted by Crippen LogP contribution is 2.24. The number of carboxylic acid groups (broad SMARTS) is 1. The van der Waals surface area contributed by atoms with E-state index in [-0.39, 0.29) is 0 Å². The standard InChI is InChI=1S/C7H5F2NO4/c8-5(9)4-3(11)1-2(7(13)14)10-6(4)12/h1,5H,(H,13,14)(H2,10,11,12). The van der Waals surface area contributed by atoms with Gasteiger partial charge in [0.1, 0.15) is 17.0 Å². The van der Waals surface area contributed by atoms with Crippen LogP contribution in [0.25, 0.3) is 0 Å². The van der Waals surface area contributed by atoms with Crippen molar-refractivity contribution in [2.24, 2.45) is 0 Å². The Balaban J connectivity index is 3.40. The largest absolute Gasteiger partial charge is 0.507 e. The van der Waals surface area contributed by atoms with Crippen molar-refractivity contribution < 1.29 is 23.8 Å². The molecule has 0 aliphatic rings. The van der Waals surface area contributed by atoms with Crippen LogP contribution in [0.4, 0.5) is 8.78 Å². The highest BCUT2D eigenvalue weighted by atomic mass is 19.3. The van der Waals surface area contributed by atoms with Crippen molar-refractivity contribution in [3.63, 3.8) is 0 Å². The molecule has 3 N–H and O–H groups in total. The van der Waals surface area contributed by atoms with Crippen LogP contribution in [0.2, 0.25) is 0 Å². The number of alkyl halides is 2. The molecule has 0 bridgehead atoms. The van der Waals surface area contributed by atoms with Gasteiger partial charge in [0.05, 0.1) is 0 Å². The van der Waals surface area contributed by atoms with Crippen molar-refractivity contribution in [1.29, 1.82) is 0 Å². The maximum Gasteiger partial charge on any atom is 0.352 e. The third-order valence-corrected chi connectivity index (χ3v) is 1.50. The number of aromatic nitrogens is 1. The first-order valence-electron chi connectivity index (χ1n) is 3.41. The summed E-state index contributed by atoms with van der Waals surface area (Å²) in [5.74, 6) is -2.54. The second-order valence-corrected chi connectivity index (χ2v) is 2.42. The van der Waals surface area contributed by atoms with Gasteiger partial charge in [0.2, 0.25) is 0 Å². The molecule has 0 fully saturated rings. The summed E-state index contributed by atoms with van der Waals surface area (Å²) in [7, 11) is 0. The van der Waals surface area contributed by atoms with E-state index in [9.17, 15) is 18.4 Å². The number of carboxylic acids is 1. The molecule has 0 spiro atoms. The lowest BCUT2D eigenvalue weighted by Gasteiger charge is -2.02. The molecule has 1 aromatic heterocycles. The van der Waals surface area contributed by atoms with Gasteiger partial charge < -0.3 is 15.2 Å². The number of carbonyl (C=O) groups is 1. The van der Waals surface area contributed by atoms with Gasteiger partial charge in [0, 0.05) is 6.07 Å². The first-order chi connectivity index (χ1) is 6.43. The molecule has 14 heavy (non-hydrogen) atoms. The molecule has 0 atom stereocenters. The normalized spacial score (nSPS) is 10.5. The third kappa shape index (κ3) is 1.70. The van der Waals surface area contributed by atoms with Crippen LogP contribution >= 0.6 is 0 Å². The van der Waals surface area contributed by atoms with Gasteiger partial charge in [-0.2, -0.15) is 0 Å². The van der Waals surface area contributed by atoms with E-state index >= 15 is 0 Å². The number of pyridine rings is 1. The summed E-state index contributed by atoms with van der Waals surface area (Å²) in [5, 5.41) is 17.3. The molecular formula is C7H5F2NO4. The van der Waals surface area contributed by atoms with Gasteiger partial charge in [-0.15, -0.1) is 0 Å². The predicted octanol–water partition coefficient (Wildman–Crippen LogP) is 0.716. The Labute approximate surface area is 75.6 Å². The third-order valence-electron chi connectivity index (χ3n) is 1.50. The Hall–Kier alpha value is -1.92. The molecule has 1 heterocycles. The summed E-state index contributed by atoms with van der Waals surface area (Å²) in [4.78, 5) is 22.9. The van der Waals surface area contributed by atoms with Crippen molar-refractivity contribution >= 4 is 5.97 Å². The first-order valence-corrected chi connectivity index (χ1v) is 3.41. The maximum absolute atomic E-state index is 12.1. The number of H-pyrrole nitrogens is 1. The Morgan fingerprint density at radius 3 is 2.43 bits per heavy atom. The Kier molecular flexibility index (Phi) is 2.50. The second-order valence-electron chi connectivity index (χ2n) is 2.42. The molecule has 7 heteroatoms. The number of nitrogens with one attached hydrogen (secondary N) is 1. The molecule has 1 aromatic rings. The van der Waals surface area contributed by atoms with Crippen molar-refractivity contribution in [2.75, 3.05) is 0 Å². The maximum atomic E-state index is 12.1. The predicted molar refractivity (Wildman–Crippen MR) is 40.6 cm³/mol. The first kappa shape index (κ1) is 10.2. The van der Waals surface area contributed by atoms with E-state index in [1.54, 1.807) is 4.98 Å². The summed E-state index contributed by atoms with van der Waals surface area (Å²) >= 11 is 0. The topological polar surface area (TPSA) is 90.4 Å². The molecular weight excluding hydrogens is 200 g/mol. The highest BCUT2D eigenvalue weighted by Gasteiger charge is 2.19. The van der Waals surface area contributed by atoms with E-state index < -0.39 is 35.0 Å². The van der Waals surface area contributed by atoms with Gasteiger partial charge in [-0.3, -0.25) is 4.79 Å². The van der Waals surface area contributed by atoms with Crippen LogP contribution in [0, 0.1) is 0 Å². The van der Waals surface area contributed by atoms with Crippen molar-refractivity contribution in [3.05, 3.63) is 27.7 Å². The summed E-state index contributed by atoms with van der Waals surface area (Å²) in [5.41, 5.74) is -3.08. The number of aromatic carboxylic acids is 1. The minimum atomic E-state index is -3.15. The summed E-state index contributed by atoms with van der Waals surface area (Å²) in [6.07, 6.45) is -3.15. The molecule has 5 nitrogen and oxygen atoms in total. The van der Waals surface area contributed by atoms with E-state index in [1.165, 1.54) is 0 Å². The Morgan fingerprint density at radius 2 is 2.07 bits per heavy atom. The number of aromatic hydroxyl groups is 1. The van der Waals surface area contributed by atoms with Crippen LogP contribution < -0.4 is 5.56 Å². The fraction of sp³-hybridized carbons (Fsp3) is 0.143. The van der Waals surface area contributed by atoms with E-state index in [0.29, 0.717) is 6.07 Å². The fourth-order valence-corrected chi connectivity index (χ4v) is 0.883. The molecule has 0 radical (unpaired) electrons. The van der Waals surface area contributed by atoms with Crippen LogP contribution in [-0.2, 0) is 0 Å². The zero-order valence-corrected chi connectivity index (χ0v) is 6.62. The Bertz CT molecular complexity index is 426. The molecule has 0 aromatic carbocycles. The van der Waals surface area contributed by atoms with Gasteiger partial charge in [-0.1, -0.05) is 0 Å². The molecule has 0 aliphatic carbocycles.